The van der Waals surface area contributed by atoms with Gasteiger partial charge in [-0.2, -0.15) is 15.1 Å². The zero-order chi connectivity index (χ0) is 29.9. The molecule has 0 aliphatic carbocycles. The first-order valence-electron chi connectivity index (χ1n) is 14.5. The maximum Gasteiger partial charge on any atom is 0.231 e. The van der Waals surface area contributed by atoms with Gasteiger partial charge in [-0.05, 0) is 64.0 Å². The third-order valence-corrected chi connectivity index (χ3v) is 8.74. The molecule has 1 aliphatic heterocycles. The molecule has 0 bridgehead atoms. The van der Waals surface area contributed by atoms with Crippen LogP contribution in [0.2, 0.25) is 0 Å². The van der Waals surface area contributed by atoms with E-state index in [1.807, 2.05) is 19.9 Å². The van der Waals surface area contributed by atoms with Gasteiger partial charge in [-0.25, -0.2) is 8.42 Å². The summed E-state index contributed by atoms with van der Waals surface area (Å²) in [4.78, 5) is 14.5. The smallest absolute Gasteiger partial charge is 0.231 e. The first-order chi connectivity index (χ1) is 20.2. The van der Waals surface area contributed by atoms with Crippen molar-refractivity contribution in [3.8, 4) is 5.75 Å². The van der Waals surface area contributed by atoms with E-state index in [1.54, 1.807) is 30.5 Å². The van der Waals surface area contributed by atoms with Crippen LogP contribution in [0.15, 0.2) is 53.6 Å². The van der Waals surface area contributed by atoms with Gasteiger partial charge in [-0.15, -0.1) is 0 Å². The van der Waals surface area contributed by atoms with Crippen molar-refractivity contribution in [3.63, 3.8) is 0 Å². The van der Waals surface area contributed by atoms with Crippen LogP contribution in [-0.4, -0.2) is 78.1 Å². The Balaban J connectivity index is 1.42. The molecule has 1 fully saturated rings. The lowest BCUT2D eigenvalue weighted by molar-refractivity contribution is 0.186. The number of anilines is 5. The van der Waals surface area contributed by atoms with Crippen molar-refractivity contribution in [2.24, 2.45) is 0 Å². The Morgan fingerprint density at radius 3 is 2.48 bits per heavy atom. The number of hydrogen-bond donors (Lipinski definition) is 3. The molecule has 0 saturated carbocycles. The molecule has 0 spiro atoms. The largest absolute Gasteiger partial charge is 0.489 e. The summed E-state index contributed by atoms with van der Waals surface area (Å²) < 4.78 is 31.0. The van der Waals surface area contributed by atoms with E-state index < -0.39 is 9.84 Å². The molecular formula is C30H40N8O3S. The predicted molar refractivity (Wildman–Crippen MR) is 168 cm³/mol. The van der Waals surface area contributed by atoms with Crippen LogP contribution in [0.3, 0.4) is 0 Å². The van der Waals surface area contributed by atoms with Gasteiger partial charge in [0.25, 0.3) is 0 Å². The SMILES string of the molecule is CCN(CC)C1CCN(c2ccc(Nc3nc(Nc4ccccc4S(C)(=O)=O)c4cn[nH]c4n3)c(OC(C)C)c2)CC1. The molecule has 4 aromatic rings. The number of H-pyrrole nitrogens is 1. The lowest BCUT2D eigenvalue weighted by atomic mass is 10.0. The van der Waals surface area contributed by atoms with Gasteiger partial charge >= 0.3 is 0 Å². The number of para-hydroxylation sites is 1. The Hall–Kier alpha value is -3.90. The minimum absolute atomic E-state index is 0.0325. The molecule has 0 unspecified atom stereocenters. The lowest BCUT2D eigenvalue weighted by Gasteiger charge is -2.39. The molecule has 0 amide bonds. The van der Waals surface area contributed by atoms with Crippen molar-refractivity contribution in [3.05, 3.63) is 48.7 Å². The first kappa shape index (κ1) is 29.6. The molecule has 1 saturated heterocycles. The number of fused-ring (bicyclic) bond motifs is 1. The molecule has 0 atom stereocenters. The second-order valence-corrected chi connectivity index (χ2v) is 12.8. The minimum atomic E-state index is -3.46. The van der Waals surface area contributed by atoms with E-state index in [4.69, 9.17) is 9.72 Å². The Labute approximate surface area is 247 Å². The molecule has 224 valence electrons. The predicted octanol–water partition coefficient (Wildman–Crippen LogP) is 5.34. The summed E-state index contributed by atoms with van der Waals surface area (Å²) in [5.74, 6) is 1.44. The maximum atomic E-state index is 12.4. The van der Waals surface area contributed by atoms with Crippen LogP contribution in [0.5, 0.6) is 5.75 Å². The van der Waals surface area contributed by atoms with E-state index in [1.165, 1.54) is 6.26 Å². The number of aromatic nitrogens is 4. The summed E-state index contributed by atoms with van der Waals surface area (Å²) in [7, 11) is -3.46. The van der Waals surface area contributed by atoms with E-state index in [0.29, 0.717) is 40.3 Å². The topological polar surface area (TPSA) is 128 Å². The van der Waals surface area contributed by atoms with Crippen LogP contribution in [0, 0.1) is 0 Å². The fourth-order valence-electron chi connectivity index (χ4n) is 5.52. The van der Waals surface area contributed by atoms with Crippen LogP contribution < -0.4 is 20.3 Å². The Bertz CT molecular complexity index is 1630. The van der Waals surface area contributed by atoms with Gasteiger partial charge in [0.05, 0.1) is 34.0 Å². The van der Waals surface area contributed by atoms with E-state index in [0.717, 1.165) is 50.4 Å². The van der Waals surface area contributed by atoms with Crippen molar-refractivity contribution in [1.82, 2.24) is 25.1 Å². The van der Waals surface area contributed by atoms with Crippen LogP contribution in [-0.2, 0) is 9.84 Å². The number of rotatable bonds is 11. The maximum absolute atomic E-state index is 12.4. The second-order valence-electron chi connectivity index (χ2n) is 10.8. The van der Waals surface area contributed by atoms with Crippen LogP contribution in [0.1, 0.15) is 40.5 Å². The number of aromatic amines is 1. The fraction of sp³-hybridized carbons (Fsp3) is 0.433. The fourth-order valence-corrected chi connectivity index (χ4v) is 6.36. The number of ether oxygens (including phenoxy) is 1. The summed E-state index contributed by atoms with van der Waals surface area (Å²) in [6.07, 6.45) is 5.03. The summed E-state index contributed by atoms with van der Waals surface area (Å²) in [5, 5.41) is 14.1. The van der Waals surface area contributed by atoms with Gasteiger partial charge in [-0.3, -0.25) is 5.10 Å². The van der Waals surface area contributed by atoms with Gasteiger partial charge < -0.3 is 25.2 Å². The average molecular weight is 593 g/mol. The molecule has 42 heavy (non-hydrogen) atoms. The van der Waals surface area contributed by atoms with Crippen LogP contribution >= 0.6 is 0 Å². The quantitative estimate of drug-likeness (QED) is 0.210. The highest BCUT2D eigenvalue weighted by Crippen LogP contribution is 2.35. The molecule has 3 heterocycles. The molecular weight excluding hydrogens is 552 g/mol. The van der Waals surface area contributed by atoms with E-state index in [-0.39, 0.29) is 11.0 Å². The molecule has 5 rings (SSSR count). The highest BCUT2D eigenvalue weighted by Gasteiger charge is 2.24. The monoisotopic (exact) mass is 592 g/mol. The van der Waals surface area contributed by atoms with Crippen LogP contribution in [0.4, 0.5) is 28.8 Å². The van der Waals surface area contributed by atoms with Crippen molar-refractivity contribution in [2.75, 3.05) is 48.0 Å². The summed E-state index contributed by atoms with van der Waals surface area (Å²) >= 11 is 0. The summed E-state index contributed by atoms with van der Waals surface area (Å²) in [6.45, 7) is 12.6. The van der Waals surface area contributed by atoms with E-state index in [9.17, 15) is 8.42 Å². The molecule has 0 radical (unpaired) electrons. The van der Waals surface area contributed by atoms with Crippen molar-refractivity contribution >= 4 is 49.7 Å². The zero-order valence-corrected chi connectivity index (χ0v) is 25.7. The van der Waals surface area contributed by atoms with Gasteiger partial charge in [-0.1, -0.05) is 26.0 Å². The van der Waals surface area contributed by atoms with Gasteiger partial charge in [0, 0.05) is 37.1 Å². The third-order valence-electron chi connectivity index (χ3n) is 7.58. The normalized spacial score (nSPS) is 14.6. The molecule has 2 aromatic carbocycles. The van der Waals surface area contributed by atoms with E-state index in [2.05, 4.69) is 61.6 Å². The number of nitrogens with one attached hydrogen (secondary N) is 3. The van der Waals surface area contributed by atoms with Crippen LogP contribution in [0.25, 0.3) is 11.0 Å². The van der Waals surface area contributed by atoms with Gasteiger partial charge in [0.15, 0.2) is 15.5 Å². The minimum Gasteiger partial charge on any atom is -0.489 e. The number of sulfone groups is 1. The van der Waals surface area contributed by atoms with Gasteiger partial charge in [0.2, 0.25) is 5.95 Å². The Kier molecular flexibility index (Phi) is 8.83. The molecule has 2 aromatic heterocycles. The number of nitrogens with zero attached hydrogens (tertiary/aromatic N) is 5. The van der Waals surface area contributed by atoms with Crippen molar-refractivity contribution in [1.29, 1.82) is 0 Å². The van der Waals surface area contributed by atoms with E-state index >= 15 is 0 Å². The summed E-state index contributed by atoms with van der Waals surface area (Å²) in [6, 6.07) is 13.5. The van der Waals surface area contributed by atoms with Gasteiger partial charge in [0.1, 0.15) is 11.6 Å². The standard InChI is InChI=1S/C30H40N8O3S/c1-6-37(7-2)21-14-16-38(17-15-21)22-12-13-24(26(18-22)41-20(3)4)33-30-34-28(23-19-31-36-29(23)35-30)32-25-10-8-9-11-27(25)42(5,39)40/h8-13,18-21H,6-7,14-17H2,1-5H3,(H3,31,32,33,34,35,36). The zero-order valence-electron chi connectivity index (χ0n) is 24.9. The molecule has 1 aliphatic rings. The highest BCUT2D eigenvalue weighted by molar-refractivity contribution is 7.90. The Morgan fingerprint density at radius 2 is 1.79 bits per heavy atom. The van der Waals surface area contributed by atoms with Crippen molar-refractivity contribution in [2.45, 2.75) is 57.6 Å². The number of hydrogen-bond acceptors (Lipinski definition) is 10. The average Bonchev–Trinajstić information content (AvgIpc) is 3.44. The third kappa shape index (κ3) is 6.60. The molecule has 3 N–H and O–H groups in total. The second kappa shape index (κ2) is 12.5. The number of benzene rings is 2. The van der Waals surface area contributed by atoms with Crippen molar-refractivity contribution < 1.29 is 13.2 Å². The molecule has 11 nitrogen and oxygen atoms in total. The number of piperidine rings is 1. The highest BCUT2D eigenvalue weighted by atomic mass is 32.2. The Morgan fingerprint density at radius 1 is 1.05 bits per heavy atom. The lowest BCUT2D eigenvalue weighted by Crippen LogP contribution is -2.44. The molecule has 12 heteroatoms. The summed E-state index contributed by atoms with van der Waals surface area (Å²) in [5.41, 5.74) is 2.78. The first-order valence-corrected chi connectivity index (χ1v) is 16.4.